The van der Waals surface area contributed by atoms with Gasteiger partial charge >= 0.3 is 0 Å². The average molecular weight is 139 g/mol. The van der Waals surface area contributed by atoms with Crippen LogP contribution < -0.4 is 10.6 Å². The van der Waals surface area contributed by atoms with E-state index >= 15 is 0 Å². The lowest BCUT2D eigenvalue weighted by Crippen LogP contribution is -2.36. The molecule has 1 rings (SSSR count). The van der Waals surface area contributed by atoms with Crippen molar-refractivity contribution in [3.63, 3.8) is 0 Å². The number of aliphatic imine (C=N–C) groups is 1. The first-order valence-electron chi connectivity index (χ1n) is 3.42. The number of hydrogen-bond donors (Lipinski definition) is 2. The van der Waals surface area contributed by atoms with Gasteiger partial charge in [0, 0.05) is 11.7 Å². The van der Waals surface area contributed by atoms with Crippen LogP contribution in [-0.2, 0) is 0 Å². The predicted molar refractivity (Wildman–Crippen MR) is 42.8 cm³/mol. The minimum absolute atomic E-state index is 0.460. The highest BCUT2D eigenvalue weighted by Crippen LogP contribution is 1.93. The van der Waals surface area contributed by atoms with Crippen molar-refractivity contribution in [1.29, 1.82) is 0 Å². The second-order valence-corrected chi connectivity index (χ2v) is 2.64. The normalized spacial score (nSPS) is 23.4. The summed E-state index contributed by atoms with van der Waals surface area (Å²) in [5, 5.41) is 6.18. The van der Waals surface area contributed by atoms with Crippen molar-refractivity contribution in [2.24, 2.45) is 4.99 Å². The van der Waals surface area contributed by atoms with Gasteiger partial charge in [0.05, 0.1) is 6.54 Å². The van der Waals surface area contributed by atoms with Gasteiger partial charge in [-0.3, -0.25) is 4.99 Å². The van der Waals surface area contributed by atoms with Gasteiger partial charge in [-0.1, -0.05) is 6.58 Å². The Morgan fingerprint density at radius 2 is 2.60 bits per heavy atom. The van der Waals surface area contributed by atoms with Crippen LogP contribution >= 0.6 is 0 Å². The standard InChI is InChI=1S/C7H13N3/c1-5(2)9-7-8-4-6(3)10-7/h6H,1,4H2,2-3H3,(H2,8,9,10). The number of guanidine groups is 1. The lowest BCUT2D eigenvalue weighted by Gasteiger charge is -2.06. The summed E-state index contributed by atoms with van der Waals surface area (Å²) < 4.78 is 0. The van der Waals surface area contributed by atoms with Gasteiger partial charge in [-0.05, 0) is 13.8 Å². The van der Waals surface area contributed by atoms with Crippen molar-refractivity contribution in [3.05, 3.63) is 12.3 Å². The molecule has 1 aliphatic rings. The van der Waals surface area contributed by atoms with E-state index in [0.29, 0.717) is 6.04 Å². The Morgan fingerprint density at radius 1 is 1.90 bits per heavy atom. The molecule has 3 heteroatoms. The Bertz CT molecular complexity index is 172. The molecule has 0 fully saturated rings. The maximum atomic E-state index is 4.19. The van der Waals surface area contributed by atoms with E-state index in [0.717, 1.165) is 18.2 Å². The van der Waals surface area contributed by atoms with Crippen molar-refractivity contribution in [1.82, 2.24) is 10.6 Å². The van der Waals surface area contributed by atoms with Gasteiger partial charge in [-0.25, -0.2) is 0 Å². The molecule has 0 spiro atoms. The van der Waals surface area contributed by atoms with Crippen LogP contribution in [0.1, 0.15) is 13.8 Å². The zero-order valence-corrected chi connectivity index (χ0v) is 6.44. The maximum absolute atomic E-state index is 4.19. The third-order valence-electron chi connectivity index (χ3n) is 1.24. The molecule has 10 heavy (non-hydrogen) atoms. The molecule has 0 aliphatic carbocycles. The van der Waals surface area contributed by atoms with E-state index in [9.17, 15) is 0 Å². The molecule has 0 aromatic heterocycles. The summed E-state index contributed by atoms with van der Waals surface area (Å²) in [6.07, 6.45) is 0. The van der Waals surface area contributed by atoms with E-state index in [-0.39, 0.29) is 0 Å². The van der Waals surface area contributed by atoms with Crippen LogP contribution in [0.25, 0.3) is 0 Å². The summed E-state index contributed by atoms with van der Waals surface area (Å²) in [6.45, 7) is 8.57. The number of hydrogen-bond acceptors (Lipinski definition) is 3. The smallest absolute Gasteiger partial charge is 0.195 e. The Balaban J connectivity index is 2.37. The molecule has 1 aliphatic heterocycles. The van der Waals surface area contributed by atoms with Gasteiger partial charge < -0.3 is 10.6 Å². The first-order valence-corrected chi connectivity index (χ1v) is 3.42. The largest absolute Gasteiger partial charge is 0.352 e. The van der Waals surface area contributed by atoms with E-state index in [4.69, 9.17) is 0 Å². The summed E-state index contributed by atoms with van der Waals surface area (Å²) in [5.41, 5.74) is 0.917. The second-order valence-electron chi connectivity index (χ2n) is 2.64. The van der Waals surface area contributed by atoms with Gasteiger partial charge in [0.15, 0.2) is 5.96 Å². The zero-order chi connectivity index (χ0) is 7.56. The molecular formula is C7H13N3. The molecule has 0 aromatic rings. The molecule has 0 saturated heterocycles. The summed E-state index contributed by atoms with van der Waals surface area (Å²) >= 11 is 0. The summed E-state index contributed by atoms with van der Waals surface area (Å²) in [6, 6.07) is 0.460. The van der Waals surface area contributed by atoms with E-state index in [2.05, 4.69) is 29.1 Å². The minimum atomic E-state index is 0.460. The Morgan fingerprint density at radius 3 is 3.00 bits per heavy atom. The molecular weight excluding hydrogens is 126 g/mol. The van der Waals surface area contributed by atoms with Crippen molar-refractivity contribution in [2.45, 2.75) is 19.9 Å². The van der Waals surface area contributed by atoms with Crippen LogP contribution in [0.4, 0.5) is 0 Å². The maximum Gasteiger partial charge on any atom is 0.195 e. The fourth-order valence-electron chi connectivity index (χ4n) is 0.831. The Hall–Kier alpha value is -0.990. The molecule has 0 amide bonds. The van der Waals surface area contributed by atoms with Crippen molar-refractivity contribution in [2.75, 3.05) is 6.54 Å². The molecule has 0 saturated carbocycles. The van der Waals surface area contributed by atoms with Gasteiger partial charge in [0.1, 0.15) is 0 Å². The van der Waals surface area contributed by atoms with Crippen LogP contribution in [0.2, 0.25) is 0 Å². The highest BCUT2D eigenvalue weighted by molar-refractivity contribution is 5.83. The predicted octanol–water partition coefficient (Wildman–Crippen LogP) is 0.457. The highest BCUT2D eigenvalue weighted by atomic mass is 15.2. The quantitative estimate of drug-likeness (QED) is 0.553. The number of nitrogens with zero attached hydrogens (tertiary/aromatic N) is 1. The van der Waals surface area contributed by atoms with Crippen LogP contribution in [0.3, 0.4) is 0 Å². The van der Waals surface area contributed by atoms with E-state index < -0.39 is 0 Å². The molecule has 1 heterocycles. The SMILES string of the molecule is C=C(C)NC1=NCC(C)N1. The third-order valence-corrected chi connectivity index (χ3v) is 1.24. The summed E-state index contributed by atoms with van der Waals surface area (Å²) in [5.74, 6) is 0.847. The van der Waals surface area contributed by atoms with Crippen molar-refractivity contribution >= 4 is 5.96 Å². The molecule has 1 atom stereocenters. The number of nitrogens with one attached hydrogen (secondary N) is 2. The molecule has 0 bridgehead atoms. The molecule has 0 radical (unpaired) electrons. The number of allylic oxidation sites excluding steroid dienone is 1. The van der Waals surface area contributed by atoms with E-state index in [1.807, 2.05) is 6.92 Å². The molecule has 56 valence electrons. The monoisotopic (exact) mass is 139 g/mol. The van der Waals surface area contributed by atoms with Crippen LogP contribution in [0.5, 0.6) is 0 Å². The zero-order valence-electron chi connectivity index (χ0n) is 6.44. The first kappa shape index (κ1) is 7.12. The Kier molecular flexibility index (Phi) is 1.94. The minimum Gasteiger partial charge on any atom is -0.352 e. The lowest BCUT2D eigenvalue weighted by molar-refractivity contribution is 0.719. The highest BCUT2D eigenvalue weighted by Gasteiger charge is 2.10. The van der Waals surface area contributed by atoms with Crippen molar-refractivity contribution < 1.29 is 0 Å². The molecule has 0 aromatic carbocycles. The molecule has 1 unspecified atom stereocenters. The fourth-order valence-corrected chi connectivity index (χ4v) is 0.831. The Labute approximate surface area is 61.2 Å². The van der Waals surface area contributed by atoms with Crippen molar-refractivity contribution in [3.8, 4) is 0 Å². The molecule has 3 nitrogen and oxygen atoms in total. The summed E-state index contributed by atoms with van der Waals surface area (Å²) in [4.78, 5) is 4.19. The topological polar surface area (TPSA) is 36.4 Å². The van der Waals surface area contributed by atoms with E-state index in [1.165, 1.54) is 0 Å². The van der Waals surface area contributed by atoms with Crippen LogP contribution in [-0.4, -0.2) is 18.5 Å². The summed E-state index contributed by atoms with van der Waals surface area (Å²) in [7, 11) is 0. The fraction of sp³-hybridized carbons (Fsp3) is 0.571. The second kappa shape index (κ2) is 2.73. The third kappa shape index (κ3) is 1.76. The van der Waals surface area contributed by atoms with Gasteiger partial charge in [0.25, 0.3) is 0 Å². The molecule has 2 N–H and O–H groups in total. The van der Waals surface area contributed by atoms with Gasteiger partial charge in [-0.15, -0.1) is 0 Å². The number of rotatable bonds is 1. The van der Waals surface area contributed by atoms with Crippen LogP contribution in [0.15, 0.2) is 17.3 Å². The lowest BCUT2D eigenvalue weighted by atomic mass is 10.4. The van der Waals surface area contributed by atoms with Gasteiger partial charge in [0.2, 0.25) is 0 Å². The average Bonchev–Trinajstić information content (AvgIpc) is 2.13. The van der Waals surface area contributed by atoms with E-state index in [1.54, 1.807) is 0 Å². The first-order chi connectivity index (χ1) is 4.68. The van der Waals surface area contributed by atoms with Crippen LogP contribution in [0, 0.1) is 0 Å². The van der Waals surface area contributed by atoms with Gasteiger partial charge in [-0.2, -0.15) is 0 Å².